The number of urea groups is 1. The van der Waals surface area contributed by atoms with Crippen LogP contribution in [0.25, 0.3) is 0 Å². The molecule has 0 bridgehead atoms. The number of hydrogen-bond acceptors (Lipinski definition) is 4. The standard InChI is InChI=1S/C20H22ClN3O4/c1-27-16-4-3-5-17(28-2)19(16)23-20(26)22-11-13-10-18(25)24(12-13)15-8-6-14(21)7-9-15/h3-9,13H,10-12H2,1-2H3,(H2,22,23,26). The minimum absolute atomic E-state index is 0.0218. The van der Waals surface area contributed by atoms with E-state index in [1.165, 1.54) is 14.2 Å². The molecule has 0 aliphatic carbocycles. The lowest BCUT2D eigenvalue weighted by Gasteiger charge is -2.18. The number of amides is 3. The highest BCUT2D eigenvalue weighted by molar-refractivity contribution is 6.30. The maximum atomic E-state index is 12.3. The number of carbonyl (C=O) groups excluding carboxylic acids is 2. The number of methoxy groups -OCH3 is 2. The zero-order valence-corrected chi connectivity index (χ0v) is 16.5. The Bertz CT molecular complexity index is 835. The smallest absolute Gasteiger partial charge is 0.319 e. The molecule has 2 aromatic rings. The number of carbonyl (C=O) groups is 2. The first kappa shape index (κ1) is 19.8. The summed E-state index contributed by atoms with van der Waals surface area (Å²) in [4.78, 5) is 26.3. The average molecular weight is 404 g/mol. The lowest BCUT2D eigenvalue weighted by atomic mass is 10.1. The van der Waals surface area contributed by atoms with Gasteiger partial charge in [0.05, 0.1) is 14.2 Å². The first-order chi connectivity index (χ1) is 13.5. The summed E-state index contributed by atoms with van der Waals surface area (Å²) < 4.78 is 10.5. The second-order valence-corrected chi connectivity index (χ2v) is 6.86. The molecule has 1 atom stereocenters. The van der Waals surface area contributed by atoms with E-state index >= 15 is 0 Å². The molecule has 7 nitrogen and oxygen atoms in total. The van der Waals surface area contributed by atoms with Gasteiger partial charge in [0.2, 0.25) is 5.91 Å². The molecule has 1 aliphatic rings. The zero-order valence-electron chi connectivity index (χ0n) is 15.7. The first-order valence-corrected chi connectivity index (χ1v) is 9.21. The number of para-hydroxylation sites is 1. The molecular weight excluding hydrogens is 382 g/mol. The van der Waals surface area contributed by atoms with E-state index in [9.17, 15) is 9.59 Å². The second kappa shape index (κ2) is 8.84. The Morgan fingerprint density at radius 2 is 1.79 bits per heavy atom. The highest BCUT2D eigenvalue weighted by atomic mass is 35.5. The fraction of sp³-hybridized carbons (Fsp3) is 0.300. The fourth-order valence-corrected chi connectivity index (χ4v) is 3.28. The third-order valence-electron chi connectivity index (χ3n) is 4.56. The van der Waals surface area contributed by atoms with E-state index in [2.05, 4.69) is 10.6 Å². The third kappa shape index (κ3) is 4.48. The Kier molecular flexibility index (Phi) is 6.26. The summed E-state index contributed by atoms with van der Waals surface area (Å²) in [7, 11) is 3.04. The molecule has 0 radical (unpaired) electrons. The van der Waals surface area contributed by atoms with Crippen LogP contribution in [0.2, 0.25) is 5.02 Å². The molecule has 3 rings (SSSR count). The Balaban J connectivity index is 1.57. The average Bonchev–Trinajstić information content (AvgIpc) is 3.07. The largest absolute Gasteiger partial charge is 0.494 e. The molecule has 3 amide bonds. The quantitative estimate of drug-likeness (QED) is 0.773. The van der Waals surface area contributed by atoms with E-state index in [1.54, 1.807) is 35.2 Å². The molecule has 0 saturated carbocycles. The van der Waals surface area contributed by atoms with Crippen LogP contribution in [0.15, 0.2) is 42.5 Å². The van der Waals surface area contributed by atoms with Crippen LogP contribution < -0.4 is 25.0 Å². The van der Waals surface area contributed by atoms with Crippen molar-refractivity contribution in [2.45, 2.75) is 6.42 Å². The summed E-state index contributed by atoms with van der Waals surface area (Å²) in [5, 5.41) is 6.19. The molecular formula is C20H22ClN3O4. The fourth-order valence-electron chi connectivity index (χ4n) is 3.16. The van der Waals surface area contributed by atoms with Crippen molar-refractivity contribution >= 4 is 34.9 Å². The number of nitrogens with one attached hydrogen (secondary N) is 2. The summed E-state index contributed by atoms with van der Waals surface area (Å²) in [5.41, 5.74) is 1.26. The van der Waals surface area contributed by atoms with Crippen molar-refractivity contribution in [2.24, 2.45) is 5.92 Å². The number of benzene rings is 2. The van der Waals surface area contributed by atoms with Crippen molar-refractivity contribution in [3.8, 4) is 11.5 Å². The van der Waals surface area contributed by atoms with Crippen molar-refractivity contribution in [2.75, 3.05) is 37.5 Å². The molecule has 1 heterocycles. The molecule has 1 aliphatic heterocycles. The van der Waals surface area contributed by atoms with Gasteiger partial charge >= 0.3 is 6.03 Å². The number of rotatable bonds is 6. The minimum atomic E-state index is -0.389. The number of hydrogen-bond donors (Lipinski definition) is 2. The Hall–Kier alpha value is -2.93. The van der Waals surface area contributed by atoms with Gasteiger partial charge in [0.1, 0.15) is 17.2 Å². The van der Waals surface area contributed by atoms with Gasteiger partial charge in [-0.2, -0.15) is 0 Å². The normalized spacial score (nSPS) is 16.0. The van der Waals surface area contributed by atoms with Gasteiger partial charge in [0.15, 0.2) is 0 Å². The molecule has 0 spiro atoms. The van der Waals surface area contributed by atoms with Crippen molar-refractivity contribution in [3.05, 3.63) is 47.5 Å². The van der Waals surface area contributed by atoms with Crippen molar-refractivity contribution in [1.29, 1.82) is 0 Å². The maximum Gasteiger partial charge on any atom is 0.319 e. The van der Waals surface area contributed by atoms with Crippen LogP contribution in [-0.2, 0) is 4.79 Å². The van der Waals surface area contributed by atoms with Gasteiger partial charge in [0.25, 0.3) is 0 Å². The van der Waals surface area contributed by atoms with E-state index in [0.717, 1.165) is 5.69 Å². The van der Waals surface area contributed by atoms with Crippen LogP contribution in [-0.4, -0.2) is 39.2 Å². The Morgan fingerprint density at radius 1 is 1.14 bits per heavy atom. The van der Waals surface area contributed by atoms with E-state index in [1.807, 2.05) is 12.1 Å². The lowest BCUT2D eigenvalue weighted by molar-refractivity contribution is -0.117. The highest BCUT2D eigenvalue weighted by Gasteiger charge is 2.30. The predicted molar refractivity (Wildman–Crippen MR) is 108 cm³/mol. The highest BCUT2D eigenvalue weighted by Crippen LogP contribution is 2.34. The predicted octanol–water partition coefficient (Wildman–Crippen LogP) is 3.53. The Morgan fingerprint density at radius 3 is 2.39 bits per heavy atom. The zero-order chi connectivity index (χ0) is 20.1. The van der Waals surface area contributed by atoms with Gasteiger partial charge in [-0.1, -0.05) is 17.7 Å². The van der Waals surface area contributed by atoms with E-state index in [-0.39, 0.29) is 17.9 Å². The van der Waals surface area contributed by atoms with Crippen LogP contribution in [0.5, 0.6) is 11.5 Å². The van der Waals surface area contributed by atoms with Crippen molar-refractivity contribution < 1.29 is 19.1 Å². The maximum absolute atomic E-state index is 12.3. The van der Waals surface area contributed by atoms with Crippen LogP contribution in [0.1, 0.15) is 6.42 Å². The molecule has 0 aromatic heterocycles. The number of ether oxygens (including phenoxy) is 2. The van der Waals surface area contributed by atoms with Gasteiger partial charge in [-0.3, -0.25) is 4.79 Å². The summed E-state index contributed by atoms with van der Waals surface area (Å²) in [6, 6.07) is 12.0. The van der Waals surface area contributed by atoms with E-state index in [4.69, 9.17) is 21.1 Å². The van der Waals surface area contributed by atoms with Gasteiger partial charge in [-0.15, -0.1) is 0 Å². The molecule has 1 saturated heterocycles. The number of halogens is 1. The molecule has 2 N–H and O–H groups in total. The molecule has 1 fully saturated rings. The van der Waals surface area contributed by atoms with Gasteiger partial charge in [0, 0.05) is 36.1 Å². The van der Waals surface area contributed by atoms with Gasteiger partial charge in [-0.25, -0.2) is 4.79 Å². The topological polar surface area (TPSA) is 79.9 Å². The summed E-state index contributed by atoms with van der Waals surface area (Å²) >= 11 is 5.90. The monoisotopic (exact) mass is 403 g/mol. The summed E-state index contributed by atoms with van der Waals surface area (Å²) in [6.45, 7) is 0.915. The molecule has 2 aromatic carbocycles. The SMILES string of the molecule is COc1cccc(OC)c1NC(=O)NCC1CC(=O)N(c2ccc(Cl)cc2)C1. The van der Waals surface area contributed by atoms with Crippen LogP contribution >= 0.6 is 11.6 Å². The first-order valence-electron chi connectivity index (χ1n) is 8.83. The van der Waals surface area contributed by atoms with E-state index < -0.39 is 0 Å². The molecule has 1 unspecified atom stereocenters. The summed E-state index contributed by atoms with van der Waals surface area (Å²) in [6.07, 6.45) is 0.376. The van der Waals surface area contributed by atoms with Crippen molar-refractivity contribution in [1.82, 2.24) is 5.32 Å². The molecule has 8 heteroatoms. The van der Waals surface area contributed by atoms with Crippen LogP contribution in [0.4, 0.5) is 16.2 Å². The van der Waals surface area contributed by atoms with Crippen LogP contribution in [0, 0.1) is 5.92 Å². The van der Waals surface area contributed by atoms with Gasteiger partial charge < -0.3 is 25.0 Å². The lowest BCUT2D eigenvalue weighted by Crippen LogP contribution is -2.34. The van der Waals surface area contributed by atoms with Crippen molar-refractivity contribution in [3.63, 3.8) is 0 Å². The minimum Gasteiger partial charge on any atom is -0.494 e. The summed E-state index contributed by atoms with van der Waals surface area (Å²) in [5.74, 6) is 1.05. The van der Waals surface area contributed by atoms with E-state index in [0.29, 0.717) is 41.7 Å². The second-order valence-electron chi connectivity index (χ2n) is 6.42. The molecule has 28 heavy (non-hydrogen) atoms. The number of nitrogens with zero attached hydrogens (tertiary/aromatic N) is 1. The molecule has 148 valence electrons. The number of anilines is 2. The Labute approximate surface area is 168 Å². The third-order valence-corrected chi connectivity index (χ3v) is 4.81. The van der Waals surface area contributed by atoms with Gasteiger partial charge in [-0.05, 0) is 36.4 Å². The van der Waals surface area contributed by atoms with Crippen LogP contribution in [0.3, 0.4) is 0 Å².